The number of aryl methyl sites for hydroxylation is 3. The van der Waals surface area contributed by atoms with Gasteiger partial charge in [-0.1, -0.05) is 24.3 Å². The maximum absolute atomic E-state index is 13.6. The lowest BCUT2D eigenvalue weighted by atomic mass is 10.1. The fraction of sp³-hybridized carbons (Fsp3) is 0.179. The molecule has 0 aliphatic heterocycles. The third kappa shape index (κ3) is 4.10. The second kappa shape index (κ2) is 8.83. The minimum Gasteiger partial charge on any atom is -0.485 e. The number of ether oxygens (including phenoxy) is 1. The van der Waals surface area contributed by atoms with Crippen LogP contribution in [0.2, 0.25) is 0 Å². The van der Waals surface area contributed by atoms with E-state index in [1.165, 1.54) is 22.1 Å². The minimum absolute atomic E-state index is 0.217. The lowest BCUT2D eigenvalue weighted by Crippen LogP contribution is -2.19. The van der Waals surface area contributed by atoms with E-state index in [1.54, 1.807) is 37.4 Å². The number of aromatic nitrogens is 4. The zero-order chi connectivity index (χ0) is 24.7. The van der Waals surface area contributed by atoms with Gasteiger partial charge in [-0.05, 0) is 80.8 Å². The first kappa shape index (κ1) is 22.5. The van der Waals surface area contributed by atoms with Crippen molar-refractivity contribution < 1.29 is 9.13 Å². The molecule has 0 aliphatic rings. The number of hydrogen-bond donors (Lipinski definition) is 0. The molecule has 5 rings (SSSR count). The van der Waals surface area contributed by atoms with Gasteiger partial charge in [0, 0.05) is 11.9 Å². The maximum Gasteiger partial charge on any atom is 0.267 e. The Morgan fingerprint density at radius 2 is 1.74 bits per heavy atom. The van der Waals surface area contributed by atoms with Crippen LogP contribution in [0.1, 0.15) is 28.1 Å². The molecule has 0 saturated heterocycles. The van der Waals surface area contributed by atoms with Crippen LogP contribution in [0.3, 0.4) is 0 Å². The van der Waals surface area contributed by atoms with Crippen LogP contribution < -0.4 is 10.3 Å². The minimum atomic E-state index is -0.300. The van der Waals surface area contributed by atoms with Crippen molar-refractivity contribution in [2.75, 3.05) is 0 Å². The molecule has 0 radical (unpaired) electrons. The number of benzene rings is 2. The van der Waals surface area contributed by atoms with Gasteiger partial charge in [0.15, 0.2) is 11.4 Å². The molecule has 3 aromatic heterocycles. The van der Waals surface area contributed by atoms with Crippen LogP contribution in [0, 0.1) is 33.5 Å². The monoisotopic (exact) mass is 468 g/mol. The van der Waals surface area contributed by atoms with Crippen molar-refractivity contribution in [3.05, 3.63) is 111 Å². The molecule has 0 unspecified atom stereocenters. The summed E-state index contributed by atoms with van der Waals surface area (Å²) >= 11 is 0. The molecule has 7 heteroatoms. The van der Waals surface area contributed by atoms with Gasteiger partial charge in [0.05, 0.1) is 16.9 Å². The van der Waals surface area contributed by atoms with Gasteiger partial charge in [0.2, 0.25) is 0 Å². The Morgan fingerprint density at radius 1 is 0.971 bits per heavy atom. The molecule has 5 aromatic rings. The van der Waals surface area contributed by atoms with Gasteiger partial charge >= 0.3 is 0 Å². The first-order chi connectivity index (χ1) is 16.8. The van der Waals surface area contributed by atoms with E-state index < -0.39 is 0 Å². The Labute approximate surface area is 202 Å². The lowest BCUT2D eigenvalue weighted by Gasteiger charge is -2.12. The summed E-state index contributed by atoms with van der Waals surface area (Å²) in [5.74, 6) is 0.172. The van der Waals surface area contributed by atoms with Gasteiger partial charge in [-0.2, -0.15) is 5.10 Å². The van der Waals surface area contributed by atoms with Crippen molar-refractivity contribution in [3.8, 4) is 22.7 Å². The van der Waals surface area contributed by atoms with Crippen LogP contribution in [0.4, 0.5) is 4.39 Å². The average Bonchev–Trinajstić information content (AvgIpc) is 3.21. The zero-order valence-corrected chi connectivity index (χ0v) is 20.0. The van der Waals surface area contributed by atoms with E-state index in [-0.39, 0.29) is 18.0 Å². The van der Waals surface area contributed by atoms with Gasteiger partial charge in [0.25, 0.3) is 5.56 Å². The molecule has 0 N–H and O–H groups in total. The smallest absolute Gasteiger partial charge is 0.267 e. The average molecular weight is 469 g/mol. The summed E-state index contributed by atoms with van der Waals surface area (Å²) < 4.78 is 22.5. The highest BCUT2D eigenvalue weighted by Gasteiger charge is 2.19. The van der Waals surface area contributed by atoms with E-state index in [1.807, 2.05) is 29.8 Å². The lowest BCUT2D eigenvalue weighted by molar-refractivity contribution is 0.307. The van der Waals surface area contributed by atoms with Crippen LogP contribution in [0.25, 0.3) is 22.6 Å². The summed E-state index contributed by atoms with van der Waals surface area (Å²) in [6.07, 6.45) is 1.67. The van der Waals surface area contributed by atoms with Crippen molar-refractivity contribution >= 4 is 5.65 Å². The van der Waals surface area contributed by atoms with Crippen LogP contribution in [0.15, 0.2) is 71.7 Å². The van der Waals surface area contributed by atoms with E-state index in [4.69, 9.17) is 14.8 Å². The van der Waals surface area contributed by atoms with E-state index in [0.29, 0.717) is 28.3 Å². The Kier molecular flexibility index (Phi) is 5.68. The van der Waals surface area contributed by atoms with Crippen LogP contribution in [-0.2, 0) is 6.61 Å². The fourth-order valence-corrected chi connectivity index (χ4v) is 4.20. The van der Waals surface area contributed by atoms with Crippen LogP contribution in [0.5, 0.6) is 5.75 Å². The van der Waals surface area contributed by atoms with Gasteiger partial charge in [0.1, 0.15) is 18.1 Å². The third-order valence-electron chi connectivity index (χ3n) is 6.25. The van der Waals surface area contributed by atoms with Gasteiger partial charge in [-0.25, -0.2) is 14.1 Å². The number of halogens is 1. The largest absolute Gasteiger partial charge is 0.485 e. The van der Waals surface area contributed by atoms with Crippen molar-refractivity contribution in [1.29, 1.82) is 0 Å². The highest BCUT2D eigenvalue weighted by Crippen LogP contribution is 2.26. The number of hydrogen-bond acceptors (Lipinski definition) is 4. The predicted molar refractivity (Wildman–Crippen MR) is 134 cm³/mol. The Balaban J connectivity index is 1.56. The summed E-state index contributed by atoms with van der Waals surface area (Å²) in [5, 5.41) is 4.79. The number of rotatable bonds is 5. The van der Waals surface area contributed by atoms with Crippen molar-refractivity contribution in [2.45, 2.75) is 34.3 Å². The van der Waals surface area contributed by atoms with Crippen molar-refractivity contribution in [1.82, 2.24) is 19.2 Å². The van der Waals surface area contributed by atoms with Crippen LogP contribution in [-0.4, -0.2) is 19.2 Å². The molecular formula is C28H25FN4O2. The molecular weight excluding hydrogens is 443 g/mol. The maximum atomic E-state index is 13.6. The molecule has 0 saturated carbocycles. The molecule has 176 valence electrons. The Hall–Kier alpha value is -4.26. The van der Waals surface area contributed by atoms with E-state index in [2.05, 4.69) is 19.9 Å². The SMILES string of the molecule is Cc1cccc(-n2nc(-c3c(C)nc4c(OCc5ccc(F)cc5)cccn4c3=O)cc2C)c1C. The van der Waals surface area contributed by atoms with Gasteiger partial charge in [-0.3, -0.25) is 9.20 Å². The highest BCUT2D eigenvalue weighted by atomic mass is 19.1. The topological polar surface area (TPSA) is 61.4 Å². The first-order valence-corrected chi connectivity index (χ1v) is 11.4. The molecule has 0 aliphatic carbocycles. The molecule has 0 amide bonds. The summed E-state index contributed by atoms with van der Waals surface area (Å²) in [6.45, 7) is 8.14. The number of nitrogens with zero attached hydrogens (tertiary/aromatic N) is 4. The van der Waals surface area contributed by atoms with Gasteiger partial charge < -0.3 is 4.74 Å². The first-order valence-electron chi connectivity index (χ1n) is 11.4. The summed E-state index contributed by atoms with van der Waals surface area (Å²) in [4.78, 5) is 18.3. The molecule has 0 atom stereocenters. The quantitative estimate of drug-likeness (QED) is 0.342. The molecule has 35 heavy (non-hydrogen) atoms. The molecule has 0 bridgehead atoms. The number of pyridine rings is 1. The van der Waals surface area contributed by atoms with Crippen molar-refractivity contribution in [3.63, 3.8) is 0 Å². The molecule has 3 heterocycles. The normalized spacial score (nSPS) is 11.2. The number of fused-ring (bicyclic) bond motifs is 1. The van der Waals surface area contributed by atoms with E-state index in [9.17, 15) is 9.18 Å². The summed E-state index contributed by atoms with van der Waals surface area (Å²) in [7, 11) is 0. The van der Waals surface area contributed by atoms with E-state index >= 15 is 0 Å². The summed E-state index contributed by atoms with van der Waals surface area (Å²) in [6, 6.07) is 17.6. The Bertz CT molecular complexity index is 1620. The van der Waals surface area contributed by atoms with Crippen LogP contribution >= 0.6 is 0 Å². The zero-order valence-electron chi connectivity index (χ0n) is 20.0. The second-order valence-electron chi connectivity index (χ2n) is 8.66. The molecule has 0 fully saturated rings. The Morgan fingerprint density at radius 3 is 2.51 bits per heavy atom. The molecule has 6 nitrogen and oxygen atoms in total. The fourth-order valence-electron chi connectivity index (χ4n) is 4.20. The highest BCUT2D eigenvalue weighted by molar-refractivity contribution is 5.66. The standard InChI is InChI=1S/C28H25FN4O2/c1-17-7-5-8-24(19(17)3)33-18(2)15-23(31-33)26-20(4)30-27-25(9-6-14-32(27)28(26)34)35-16-21-10-12-22(29)13-11-21/h5-15H,16H2,1-4H3. The molecule has 2 aromatic carbocycles. The summed E-state index contributed by atoms with van der Waals surface area (Å²) in [5.41, 5.74) is 6.84. The van der Waals surface area contributed by atoms with Crippen molar-refractivity contribution in [2.24, 2.45) is 0 Å². The van der Waals surface area contributed by atoms with E-state index in [0.717, 1.165) is 22.5 Å². The van der Waals surface area contributed by atoms with Gasteiger partial charge in [-0.15, -0.1) is 0 Å². The predicted octanol–water partition coefficient (Wildman–Crippen LogP) is 5.50. The third-order valence-corrected chi connectivity index (χ3v) is 6.25. The second-order valence-corrected chi connectivity index (χ2v) is 8.66. The molecule has 0 spiro atoms.